The third-order valence-corrected chi connectivity index (χ3v) is 2.54. The third-order valence-electron chi connectivity index (χ3n) is 1.92. The van der Waals surface area contributed by atoms with Gasteiger partial charge in [-0.05, 0) is 0 Å². The fourth-order valence-electron chi connectivity index (χ4n) is 0.872. The maximum absolute atomic E-state index is 11.0. The van der Waals surface area contributed by atoms with Crippen molar-refractivity contribution >= 4 is 13.9 Å². The first-order chi connectivity index (χ1) is 7.89. The van der Waals surface area contributed by atoms with Crippen LogP contribution >= 0.6 is 7.92 Å². The van der Waals surface area contributed by atoms with Gasteiger partial charge in [-0.3, -0.25) is 0 Å². The Kier molecular flexibility index (Phi) is 7.85. The zero-order chi connectivity index (χ0) is 13.3. The Morgan fingerprint density at radius 2 is 2.00 bits per heavy atom. The summed E-state index contributed by atoms with van der Waals surface area (Å²) in [6.45, 7) is 6.76. The van der Waals surface area contributed by atoms with Crippen molar-refractivity contribution in [2.75, 3.05) is 40.5 Å². The van der Waals surface area contributed by atoms with Gasteiger partial charge < -0.3 is 0 Å². The number of nitrogens with zero attached hydrogens (tertiary/aromatic N) is 1. The zero-order valence-corrected chi connectivity index (χ0v) is 11.5. The molecule has 0 heterocycles. The minimum absolute atomic E-state index is 0.113. The number of quaternary nitrogens is 1. The van der Waals surface area contributed by atoms with Crippen LogP contribution in [0.4, 0.5) is 0 Å². The van der Waals surface area contributed by atoms with E-state index < -0.39 is 5.97 Å². The van der Waals surface area contributed by atoms with E-state index in [0.717, 1.165) is 0 Å². The molecule has 0 bridgehead atoms. The molecule has 17 heavy (non-hydrogen) atoms. The molecule has 0 saturated carbocycles. The van der Waals surface area contributed by atoms with Crippen molar-refractivity contribution in [3.05, 3.63) is 12.2 Å². The van der Waals surface area contributed by atoms with Crippen LogP contribution in [0.25, 0.3) is 0 Å². The summed E-state index contributed by atoms with van der Waals surface area (Å²) in [6, 6.07) is 0. The third kappa shape index (κ3) is 8.90. The van der Waals surface area contributed by atoms with Crippen molar-refractivity contribution in [2.24, 2.45) is 0 Å². The maximum atomic E-state index is 11.0. The van der Waals surface area contributed by atoms with Crippen molar-refractivity contribution in [1.82, 2.24) is 0 Å². The van der Waals surface area contributed by atoms with Crippen LogP contribution in [0.1, 0.15) is 6.92 Å². The van der Waals surface area contributed by atoms with E-state index in [-0.39, 0.29) is 14.5 Å². The summed E-state index contributed by atoms with van der Waals surface area (Å²) in [7, 11) is 3.63. The summed E-state index contributed by atoms with van der Waals surface area (Å²) in [5.74, 6) is 2.32. The molecular weight excluding hydrogens is 241 g/mol. The van der Waals surface area contributed by atoms with Crippen molar-refractivity contribution < 1.29 is 23.3 Å². The van der Waals surface area contributed by atoms with Crippen molar-refractivity contribution in [3.8, 4) is 5.75 Å². The van der Waals surface area contributed by atoms with Gasteiger partial charge in [0.05, 0.1) is 0 Å². The summed E-state index contributed by atoms with van der Waals surface area (Å²) < 4.78 is 20.9. The molecule has 96 valence electrons. The summed E-state index contributed by atoms with van der Waals surface area (Å²) in [5.41, 5.74) is 0.376. The summed E-state index contributed by atoms with van der Waals surface area (Å²) in [6.07, 6.45) is 0. The van der Waals surface area contributed by atoms with Gasteiger partial charge in [-0.2, -0.15) is 0 Å². The molecule has 5 nitrogen and oxygen atoms in total. The first-order valence-corrected chi connectivity index (χ1v) is 6.03. The van der Waals surface area contributed by atoms with E-state index in [1.54, 1.807) is 6.92 Å². The fraction of sp³-hybridized carbons (Fsp3) is 0.636. The Balaban J connectivity index is 3.59. The number of rotatable bonds is 7. The van der Waals surface area contributed by atoms with Gasteiger partial charge in [-0.1, -0.05) is 0 Å². The van der Waals surface area contributed by atoms with Gasteiger partial charge in [-0.15, -0.1) is 0 Å². The standard InChI is InChI=1S/C11H19NO4P/c1-10(2)11(13)16-8-7-15-6-5-12(3,4)9-17-14/h1,5-8H2,2-4H3/q+1. The predicted octanol–water partition coefficient (Wildman–Crippen LogP) is 1.41. The number of likely N-dealkylation sites (N-methyl/N-ethyl adjacent to an activating group) is 1. The Morgan fingerprint density at radius 1 is 1.35 bits per heavy atom. The Bertz CT molecular complexity index is 372. The average Bonchev–Trinajstić information content (AvgIpc) is 2.22. The second-order valence-corrected chi connectivity index (χ2v) is 4.51. The van der Waals surface area contributed by atoms with Crippen molar-refractivity contribution in [3.63, 3.8) is 0 Å². The molecule has 0 fully saturated rings. The van der Waals surface area contributed by atoms with Crippen LogP contribution < -0.4 is 0 Å². The SMILES string of the molecule is C=C(C)C(=O)OCCOCC[N+](C)(C)C#P=O. The predicted molar refractivity (Wildman–Crippen MR) is 65.1 cm³/mol. The van der Waals surface area contributed by atoms with E-state index in [2.05, 4.69) is 12.3 Å². The zero-order valence-electron chi connectivity index (χ0n) is 10.6. The summed E-state index contributed by atoms with van der Waals surface area (Å²) in [4.78, 5) is 11.0. The van der Waals surface area contributed by atoms with Crippen LogP contribution in [-0.2, 0) is 18.8 Å². The second-order valence-electron chi connectivity index (χ2n) is 4.13. The number of hydrogen-bond donors (Lipinski definition) is 0. The molecular formula is C11H19NO4P+. The Morgan fingerprint density at radius 3 is 2.53 bits per heavy atom. The number of esters is 1. The molecule has 0 rings (SSSR count). The van der Waals surface area contributed by atoms with Gasteiger partial charge >= 0.3 is 102 Å². The van der Waals surface area contributed by atoms with Crippen LogP contribution in [0, 0.1) is 5.75 Å². The van der Waals surface area contributed by atoms with Gasteiger partial charge in [0.25, 0.3) is 0 Å². The van der Waals surface area contributed by atoms with E-state index in [1.165, 1.54) is 0 Å². The molecule has 0 amide bonds. The topological polar surface area (TPSA) is 52.6 Å². The Labute approximate surface area is 103 Å². The second kappa shape index (κ2) is 8.26. The summed E-state index contributed by atoms with van der Waals surface area (Å²) in [5, 5.41) is 0. The summed E-state index contributed by atoms with van der Waals surface area (Å²) >= 11 is 0. The molecule has 0 spiro atoms. The van der Waals surface area contributed by atoms with Crippen LogP contribution in [0.2, 0.25) is 0 Å². The number of carbonyl (C=O) groups excluding carboxylic acids is 1. The fourth-order valence-corrected chi connectivity index (χ4v) is 1.19. The van der Waals surface area contributed by atoms with E-state index in [0.29, 0.717) is 29.8 Å². The molecule has 0 aliphatic rings. The van der Waals surface area contributed by atoms with Gasteiger partial charge in [0.2, 0.25) is 0 Å². The van der Waals surface area contributed by atoms with E-state index in [4.69, 9.17) is 9.47 Å². The Hall–Kier alpha value is -0.860. The first kappa shape index (κ1) is 16.1. The van der Waals surface area contributed by atoms with Gasteiger partial charge in [0.1, 0.15) is 0 Å². The van der Waals surface area contributed by atoms with Crippen molar-refractivity contribution in [2.45, 2.75) is 6.92 Å². The number of hydrogen-bond acceptors (Lipinski definition) is 4. The van der Waals surface area contributed by atoms with E-state index in [9.17, 15) is 9.36 Å². The molecule has 0 aliphatic heterocycles. The van der Waals surface area contributed by atoms with Crippen LogP contribution in [0.15, 0.2) is 12.2 Å². The molecule has 0 radical (unpaired) electrons. The molecule has 0 aromatic heterocycles. The minimum atomic E-state index is -0.406. The van der Waals surface area contributed by atoms with Gasteiger partial charge in [0, 0.05) is 0 Å². The van der Waals surface area contributed by atoms with Crippen molar-refractivity contribution in [1.29, 1.82) is 0 Å². The first-order valence-electron chi connectivity index (χ1n) is 5.22. The van der Waals surface area contributed by atoms with E-state index in [1.807, 2.05) is 14.1 Å². The number of ether oxygens (including phenoxy) is 2. The number of carbonyl (C=O) groups is 1. The molecule has 0 saturated heterocycles. The van der Waals surface area contributed by atoms with Crippen LogP contribution in [0.5, 0.6) is 0 Å². The molecule has 0 aromatic rings. The monoisotopic (exact) mass is 260 g/mol. The average molecular weight is 260 g/mol. The quantitative estimate of drug-likeness (QED) is 0.228. The van der Waals surface area contributed by atoms with Gasteiger partial charge in [-0.25, -0.2) is 0 Å². The molecule has 0 N–H and O–H groups in total. The molecule has 6 heteroatoms. The molecule has 0 aliphatic carbocycles. The molecule has 0 atom stereocenters. The van der Waals surface area contributed by atoms with Crippen LogP contribution in [0.3, 0.4) is 0 Å². The molecule has 0 unspecified atom stereocenters. The van der Waals surface area contributed by atoms with Crippen LogP contribution in [-0.4, -0.2) is 50.9 Å². The van der Waals surface area contributed by atoms with E-state index >= 15 is 0 Å². The van der Waals surface area contributed by atoms with Gasteiger partial charge in [0.15, 0.2) is 0 Å². The normalized spacial score (nSPS) is 10.5. The molecule has 0 aromatic carbocycles.